The van der Waals surface area contributed by atoms with Gasteiger partial charge in [0, 0.05) is 6.42 Å². The molecule has 0 amide bonds. The van der Waals surface area contributed by atoms with E-state index in [-0.39, 0.29) is 11.3 Å². The first-order valence-corrected chi connectivity index (χ1v) is 7.11. The van der Waals surface area contributed by atoms with Crippen LogP contribution in [0.15, 0.2) is 63.8 Å². The molecule has 112 valence electrons. The Balaban J connectivity index is 1.70. The molecule has 0 spiro atoms. The van der Waals surface area contributed by atoms with Gasteiger partial charge in [-0.2, -0.15) is 0 Å². The Bertz CT molecular complexity index is 821. The molecule has 4 nitrogen and oxygen atoms in total. The fourth-order valence-electron chi connectivity index (χ4n) is 2.33. The molecule has 0 aliphatic carbocycles. The van der Waals surface area contributed by atoms with Crippen molar-refractivity contribution in [3.05, 3.63) is 76.1 Å². The first-order chi connectivity index (χ1) is 10.8. The van der Waals surface area contributed by atoms with Crippen LogP contribution < -0.4 is 5.63 Å². The van der Waals surface area contributed by atoms with Gasteiger partial charge in [0.25, 0.3) is 0 Å². The van der Waals surface area contributed by atoms with Gasteiger partial charge in [-0.05, 0) is 17.7 Å². The zero-order chi connectivity index (χ0) is 15.4. The van der Waals surface area contributed by atoms with Crippen molar-refractivity contribution in [2.24, 2.45) is 0 Å². The third-order valence-corrected chi connectivity index (χ3v) is 3.49. The summed E-state index contributed by atoms with van der Waals surface area (Å²) in [7, 11) is 0. The molecule has 3 rings (SSSR count). The molecule has 3 aromatic rings. The summed E-state index contributed by atoms with van der Waals surface area (Å²) in [6.07, 6.45) is 0.311. The van der Waals surface area contributed by atoms with Crippen LogP contribution in [0.1, 0.15) is 11.1 Å². The first kappa shape index (κ1) is 14.4. The Morgan fingerprint density at radius 3 is 2.55 bits per heavy atom. The predicted octanol–water partition coefficient (Wildman–Crippen LogP) is 3.26. The van der Waals surface area contributed by atoms with Crippen molar-refractivity contribution in [2.45, 2.75) is 13.0 Å². The number of benzene rings is 2. The highest BCUT2D eigenvalue weighted by molar-refractivity contribution is 5.83. The zero-order valence-electron chi connectivity index (χ0n) is 12.0. The van der Waals surface area contributed by atoms with Gasteiger partial charge in [-0.3, -0.25) is 0 Å². The van der Waals surface area contributed by atoms with E-state index in [9.17, 15) is 9.90 Å². The van der Waals surface area contributed by atoms with E-state index >= 15 is 0 Å². The second-order valence-corrected chi connectivity index (χ2v) is 5.00. The molecule has 0 radical (unpaired) electrons. The van der Waals surface area contributed by atoms with Crippen molar-refractivity contribution < 1.29 is 14.3 Å². The molecule has 0 bridgehead atoms. The van der Waals surface area contributed by atoms with Gasteiger partial charge in [0.05, 0.1) is 24.2 Å². The summed E-state index contributed by atoms with van der Waals surface area (Å²) < 4.78 is 10.8. The van der Waals surface area contributed by atoms with Crippen molar-refractivity contribution >= 4 is 11.0 Å². The van der Waals surface area contributed by atoms with E-state index in [4.69, 9.17) is 9.15 Å². The van der Waals surface area contributed by atoms with Crippen LogP contribution in [0.2, 0.25) is 0 Å². The first-order valence-electron chi connectivity index (χ1n) is 7.11. The summed E-state index contributed by atoms with van der Waals surface area (Å²) >= 11 is 0. The fourth-order valence-corrected chi connectivity index (χ4v) is 2.33. The van der Waals surface area contributed by atoms with E-state index in [1.165, 1.54) is 0 Å². The molecule has 4 heteroatoms. The van der Waals surface area contributed by atoms with Crippen molar-refractivity contribution in [3.63, 3.8) is 0 Å². The summed E-state index contributed by atoms with van der Waals surface area (Å²) in [5.74, 6) is -0.0184. The molecule has 0 fully saturated rings. The average molecular weight is 296 g/mol. The Labute approximate surface area is 127 Å². The lowest BCUT2D eigenvalue weighted by Crippen LogP contribution is -2.11. The molecular formula is C18H16O4. The van der Waals surface area contributed by atoms with Crippen LogP contribution in [0.5, 0.6) is 5.75 Å². The van der Waals surface area contributed by atoms with Gasteiger partial charge in [0.2, 0.25) is 0 Å². The molecule has 0 aliphatic rings. The lowest BCUT2D eigenvalue weighted by atomic mass is 10.1. The second kappa shape index (κ2) is 6.45. The molecule has 0 saturated carbocycles. The van der Waals surface area contributed by atoms with Crippen LogP contribution in [0, 0.1) is 0 Å². The van der Waals surface area contributed by atoms with E-state index in [0.29, 0.717) is 30.6 Å². The number of fused-ring (bicyclic) bond motifs is 1. The summed E-state index contributed by atoms with van der Waals surface area (Å²) in [6.45, 7) is 0.812. The van der Waals surface area contributed by atoms with E-state index in [1.807, 2.05) is 30.3 Å². The summed E-state index contributed by atoms with van der Waals surface area (Å²) in [6, 6.07) is 16.7. The van der Waals surface area contributed by atoms with Crippen LogP contribution in [0.25, 0.3) is 11.0 Å². The maximum absolute atomic E-state index is 11.9. The highest BCUT2D eigenvalue weighted by Gasteiger charge is 2.13. The number of aromatic hydroxyl groups is 1. The quantitative estimate of drug-likeness (QED) is 0.580. The van der Waals surface area contributed by atoms with Gasteiger partial charge in [0.1, 0.15) is 11.3 Å². The Kier molecular flexibility index (Phi) is 4.21. The number of ether oxygens (including phenoxy) is 1. The number of hydrogen-bond acceptors (Lipinski definition) is 4. The molecule has 0 saturated heterocycles. The molecule has 1 heterocycles. The third kappa shape index (κ3) is 3.02. The second-order valence-electron chi connectivity index (χ2n) is 5.00. The van der Waals surface area contributed by atoms with E-state index < -0.39 is 5.63 Å². The lowest BCUT2D eigenvalue weighted by Gasteiger charge is -2.07. The summed E-state index contributed by atoms with van der Waals surface area (Å²) in [4.78, 5) is 11.9. The molecule has 0 aliphatic heterocycles. The zero-order valence-corrected chi connectivity index (χ0v) is 12.0. The van der Waals surface area contributed by atoms with Gasteiger partial charge in [0.15, 0.2) is 0 Å². The molecular weight excluding hydrogens is 280 g/mol. The maximum atomic E-state index is 11.9. The molecule has 2 aromatic carbocycles. The molecule has 0 atom stereocenters. The fraction of sp³-hybridized carbons (Fsp3) is 0.167. The van der Waals surface area contributed by atoms with Gasteiger partial charge in [-0.25, -0.2) is 4.79 Å². The molecule has 1 N–H and O–H groups in total. The lowest BCUT2D eigenvalue weighted by molar-refractivity contribution is 0.123. The van der Waals surface area contributed by atoms with Crippen molar-refractivity contribution in [3.8, 4) is 5.75 Å². The molecule has 22 heavy (non-hydrogen) atoms. The highest BCUT2D eigenvalue weighted by atomic mass is 16.5. The van der Waals surface area contributed by atoms with Crippen LogP contribution in [-0.4, -0.2) is 11.7 Å². The number of rotatable bonds is 5. The van der Waals surface area contributed by atoms with Crippen molar-refractivity contribution in [1.82, 2.24) is 0 Å². The topological polar surface area (TPSA) is 59.7 Å². The third-order valence-electron chi connectivity index (χ3n) is 3.49. The minimum Gasteiger partial charge on any atom is -0.507 e. The van der Waals surface area contributed by atoms with Crippen LogP contribution in [0.3, 0.4) is 0 Å². The maximum Gasteiger partial charge on any atom is 0.343 e. The minimum atomic E-state index is -0.514. The standard InChI is InChI=1S/C18H16O4/c19-17-14-8-4-5-9-16(14)22-18(20)15(17)10-11-21-12-13-6-2-1-3-7-13/h1-9,19H,10-12H2. The SMILES string of the molecule is O=c1oc2ccccc2c(O)c1CCOCc1ccccc1. The normalized spacial score (nSPS) is 10.9. The van der Waals surface area contributed by atoms with Crippen LogP contribution >= 0.6 is 0 Å². The Morgan fingerprint density at radius 2 is 1.73 bits per heavy atom. The van der Waals surface area contributed by atoms with Crippen molar-refractivity contribution in [2.75, 3.05) is 6.61 Å². The Hall–Kier alpha value is -2.59. The highest BCUT2D eigenvalue weighted by Crippen LogP contribution is 2.26. The Morgan fingerprint density at radius 1 is 1.00 bits per heavy atom. The molecule has 1 aromatic heterocycles. The van der Waals surface area contributed by atoms with Gasteiger partial charge in [-0.15, -0.1) is 0 Å². The van der Waals surface area contributed by atoms with E-state index in [0.717, 1.165) is 5.56 Å². The van der Waals surface area contributed by atoms with E-state index in [1.54, 1.807) is 24.3 Å². The summed E-state index contributed by atoms with van der Waals surface area (Å²) in [5, 5.41) is 10.8. The smallest absolute Gasteiger partial charge is 0.343 e. The van der Waals surface area contributed by atoms with Crippen LogP contribution in [0.4, 0.5) is 0 Å². The summed E-state index contributed by atoms with van der Waals surface area (Å²) in [5.41, 5.74) is 1.20. The van der Waals surface area contributed by atoms with E-state index in [2.05, 4.69) is 0 Å². The van der Waals surface area contributed by atoms with Gasteiger partial charge >= 0.3 is 5.63 Å². The molecule has 0 unspecified atom stereocenters. The van der Waals surface area contributed by atoms with Crippen LogP contribution in [-0.2, 0) is 17.8 Å². The monoisotopic (exact) mass is 296 g/mol. The average Bonchev–Trinajstić information content (AvgIpc) is 2.55. The largest absolute Gasteiger partial charge is 0.507 e. The number of para-hydroxylation sites is 1. The predicted molar refractivity (Wildman–Crippen MR) is 84.0 cm³/mol. The minimum absolute atomic E-state index is 0.0184. The van der Waals surface area contributed by atoms with Gasteiger partial charge in [-0.1, -0.05) is 42.5 Å². The van der Waals surface area contributed by atoms with Crippen molar-refractivity contribution in [1.29, 1.82) is 0 Å². The van der Waals surface area contributed by atoms with Gasteiger partial charge < -0.3 is 14.3 Å². The number of hydrogen-bond donors (Lipinski definition) is 1.